The Morgan fingerprint density at radius 2 is 2.00 bits per heavy atom. The Kier molecular flexibility index (Phi) is 2.35. The van der Waals surface area contributed by atoms with Crippen molar-refractivity contribution < 1.29 is 8.42 Å². The molecule has 0 aliphatic carbocycles. The van der Waals surface area contributed by atoms with Crippen LogP contribution in [0.4, 0.5) is 5.69 Å². The van der Waals surface area contributed by atoms with Crippen LogP contribution in [0.5, 0.6) is 0 Å². The van der Waals surface area contributed by atoms with Gasteiger partial charge in [-0.2, -0.15) is 4.72 Å². The average Bonchev–Trinajstić information content (AvgIpc) is 2.06. The van der Waals surface area contributed by atoms with E-state index >= 15 is 0 Å². The summed E-state index contributed by atoms with van der Waals surface area (Å²) in [7, 11) is -3.47. The van der Waals surface area contributed by atoms with Crippen LogP contribution in [0.1, 0.15) is 0 Å². The molecule has 2 N–H and O–H groups in total. The molecule has 0 fully saturated rings. The number of hydrogen-bond acceptors (Lipinski definition) is 3. The Bertz CT molecular complexity index is 487. The van der Waals surface area contributed by atoms with Crippen LogP contribution in [0, 0.1) is 0 Å². The Morgan fingerprint density at radius 3 is 2.71 bits per heavy atom. The van der Waals surface area contributed by atoms with Gasteiger partial charge in [-0.25, -0.2) is 8.42 Å². The smallest absolute Gasteiger partial charge is 0.244 e. The molecular weight excluding hydrogens is 247 g/mol. The second kappa shape index (κ2) is 3.27. The highest BCUT2D eigenvalue weighted by molar-refractivity contribution is 7.89. The maximum absolute atomic E-state index is 11.5. The highest BCUT2D eigenvalue weighted by Gasteiger charge is 2.25. The standard InChI is InChI=1S/C7H6Cl2N2O2S/c8-4-1-5(9)7-6(2-4)14(12,13)11-3-10-7/h1-2,10-11H,3H2. The summed E-state index contributed by atoms with van der Waals surface area (Å²) in [5, 5.41) is 3.43. The maximum atomic E-state index is 11.5. The lowest BCUT2D eigenvalue weighted by Gasteiger charge is -2.20. The number of fused-ring (bicyclic) bond motifs is 1. The van der Waals surface area contributed by atoms with Crippen LogP contribution in [0.15, 0.2) is 17.0 Å². The molecule has 1 heterocycles. The van der Waals surface area contributed by atoms with E-state index in [2.05, 4.69) is 10.0 Å². The van der Waals surface area contributed by atoms with Crippen LogP contribution >= 0.6 is 23.2 Å². The molecule has 0 saturated carbocycles. The van der Waals surface area contributed by atoms with Gasteiger partial charge in [0.25, 0.3) is 0 Å². The first-order valence-corrected chi connectivity index (χ1v) is 5.97. The van der Waals surface area contributed by atoms with Crippen LogP contribution < -0.4 is 10.0 Å². The summed E-state index contributed by atoms with van der Waals surface area (Å²) < 4.78 is 25.3. The second-order valence-electron chi connectivity index (χ2n) is 2.76. The third kappa shape index (κ3) is 1.56. The first-order valence-electron chi connectivity index (χ1n) is 3.73. The fourth-order valence-electron chi connectivity index (χ4n) is 1.23. The van der Waals surface area contributed by atoms with Crippen molar-refractivity contribution in [3.63, 3.8) is 0 Å². The molecule has 0 spiro atoms. The molecule has 0 amide bonds. The van der Waals surface area contributed by atoms with Gasteiger partial charge in [0.15, 0.2) is 0 Å². The Morgan fingerprint density at radius 1 is 1.29 bits per heavy atom. The molecule has 0 radical (unpaired) electrons. The van der Waals surface area contributed by atoms with E-state index in [0.29, 0.717) is 15.7 Å². The summed E-state index contributed by atoms with van der Waals surface area (Å²) in [6.07, 6.45) is 0. The van der Waals surface area contributed by atoms with Gasteiger partial charge in [0.05, 0.1) is 17.4 Å². The van der Waals surface area contributed by atoms with Gasteiger partial charge in [-0.15, -0.1) is 0 Å². The normalized spacial score (nSPS) is 18.4. The van der Waals surface area contributed by atoms with Crippen LogP contribution in [0.3, 0.4) is 0 Å². The quantitative estimate of drug-likeness (QED) is 0.739. The molecule has 2 rings (SSSR count). The number of anilines is 1. The SMILES string of the molecule is O=S1(=O)NCNc2c(Cl)cc(Cl)cc21. The summed E-state index contributed by atoms with van der Waals surface area (Å²) >= 11 is 11.5. The fraction of sp³-hybridized carbons (Fsp3) is 0.143. The minimum Gasteiger partial charge on any atom is -0.369 e. The van der Waals surface area contributed by atoms with E-state index in [1.54, 1.807) is 0 Å². The van der Waals surface area contributed by atoms with E-state index in [1.165, 1.54) is 12.1 Å². The van der Waals surface area contributed by atoms with E-state index in [4.69, 9.17) is 23.2 Å². The minimum absolute atomic E-state index is 0.0845. The molecule has 1 aliphatic heterocycles. The molecule has 0 saturated heterocycles. The van der Waals surface area contributed by atoms with Crippen LogP contribution in [-0.4, -0.2) is 15.1 Å². The van der Waals surface area contributed by atoms with Crippen molar-refractivity contribution in [3.8, 4) is 0 Å². The highest BCUT2D eigenvalue weighted by Crippen LogP contribution is 2.34. The lowest BCUT2D eigenvalue weighted by atomic mass is 10.3. The zero-order valence-corrected chi connectivity index (χ0v) is 9.17. The van der Waals surface area contributed by atoms with E-state index in [9.17, 15) is 8.42 Å². The van der Waals surface area contributed by atoms with Gasteiger partial charge in [0.1, 0.15) is 4.90 Å². The van der Waals surface area contributed by atoms with Crippen molar-refractivity contribution in [2.24, 2.45) is 0 Å². The fourth-order valence-corrected chi connectivity index (χ4v) is 3.06. The predicted octanol–water partition coefficient (Wildman–Crippen LogP) is 1.65. The van der Waals surface area contributed by atoms with Gasteiger partial charge in [0, 0.05) is 5.02 Å². The molecule has 1 aliphatic rings. The lowest BCUT2D eigenvalue weighted by Crippen LogP contribution is -2.34. The van der Waals surface area contributed by atoms with Gasteiger partial charge in [-0.05, 0) is 12.1 Å². The lowest BCUT2D eigenvalue weighted by molar-refractivity contribution is 0.581. The van der Waals surface area contributed by atoms with Gasteiger partial charge in [-0.3, -0.25) is 0 Å². The molecule has 4 nitrogen and oxygen atoms in total. The maximum Gasteiger partial charge on any atom is 0.244 e. The number of sulfonamides is 1. The number of nitrogens with one attached hydrogen (secondary N) is 2. The Labute approximate surface area is 91.3 Å². The van der Waals surface area contributed by atoms with Crippen molar-refractivity contribution in [3.05, 3.63) is 22.2 Å². The number of hydrogen-bond donors (Lipinski definition) is 2. The van der Waals surface area contributed by atoms with Crippen LogP contribution in [0.2, 0.25) is 10.0 Å². The molecule has 7 heteroatoms. The summed E-state index contributed by atoms with van der Waals surface area (Å²) in [5.74, 6) is 0. The summed E-state index contributed by atoms with van der Waals surface area (Å²) in [4.78, 5) is 0.0845. The Hall–Kier alpha value is -0.490. The Balaban J connectivity index is 2.76. The zero-order chi connectivity index (χ0) is 10.3. The molecule has 0 atom stereocenters. The topological polar surface area (TPSA) is 58.2 Å². The summed E-state index contributed by atoms with van der Waals surface area (Å²) in [6, 6.07) is 2.85. The molecule has 76 valence electrons. The summed E-state index contributed by atoms with van der Waals surface area (Å²) in [6.45, 7) is 0.136. The number of rotatable bonds is 0. The number of benzene rings is 1. The summed E-state index contributed by atoms with van der Waals surface area (Å²) in [5.41, 5.74) is 0.398. The van der Waals surface area contributed by atoms with E-state index < -0.39 is 10.0 Å². The predicted molar refractivity (Wildman–Crippen MR) is 55.3 cm³/mol. The molecule has 0 aromatic heterocycles. The highest BCUT2D eigenvalue weighted by atomic mass is 35.5. The van der Waals surface area contributed by atoms with Crippen molar-refractivity contribution in [1.82, 2.24) is 4.72 Å². The van der Waals surface area contributed by atoms with Gasteiger partial charge >= 0.3 is 0 Å². The van der Waals surface area contributed by atoms with Crippen molar-refractivity contribution >= 4 is 38.9 Å². The van der Waals surface area contributed by atoms with E-state index in [0.717, 1.165) is 0 Å². The van der Waals surface area contributed by atoms with E-state index in [-0.39, 0.29) is 11.6 Å². The largest absolute Gasteiger partial charge is 0.369 e. The number of halogens is 2. The first kappa shape index (κ1) is 10.0. The van der Waals surface area contributed by atoms with Crippen LogP contribution in [-0.2, 0) is 10.0 Å². The molecule has 1 aromatic carbocycles. The monoisotopic (exact) mass is 252 g/mol. The molecule has 1 aromatic rings. The van der Waals surface area contributed by atoms with E-state index in [1.807, 2.05) is 0 Å². The van der Waals surface area contributed by atoms with Crippen molar-refractivity contribution in [1.29, 1.82) is 0 Å². The molecule has 0 bridgehead atoms. The van der Waals surface area contributed by atoms with Crippen molar-refractivity contribution in [2.75, 3.05) is 12.0 Å². The van der Waals surface area contributed by atoms with Crippen molar-refractivity contribution in [2.45, 2.75) is 4.90 Å². The van der Waals surface area contributed by atoms with Gasteiger partial charge < -0.3 is 5.32 Å². The first-order chi connectivity index (χ1) is 6.50. The minimum atomic E-state index is -3.47. The average molecular weight is 253 g/mol. The van der Waals surface area contributed by atoms with Gasteiger partial charge in [0.2, 0.25) is 10.0 Å². The second-order valence-corrected chi connectivity index (χ2v) is 5.34. The third-order valence-electron chi connectivity index (χ3n) is 1.84. The van der Waals surface area contributed by atoms with Crippen LogP contribution in [0.25, 0.3) is 0 Å². The zero-order valence-electron chi connectivity index (χ0n) is 6.84. The molecular formula is C7H6Cl2N2O2S. The van der Waals surface area contributed by atoms with Gasteiger partial charge in [-0.1, -0.05) is 23.2 Å². The molecule has 0 unspecified atom stereocenters. The third-order valence-corrected chi connectivity index (χ3v) is 3.78. The molecule has 14 heavy (non-hydrogen) atoms.